The summed E-state index contributed by atoms with van der Waals surface area (Å²) in [5.74, 6) is -0.262. The first-order valence-electron chi connectivity index (χ1n) is 12.6. The number of fused-ring (bicyclic) bond motifs is 1. The Morgan fingerprint density at radius 1 is 1.17 bits per heavy atom. The van der Waals surface area contributed by atoms with Gasteiger partial charge in [0.1, 0.15) is 5.82 Å². The topological polar surface area (TPSA) is 75.8 Å². The van der Waals surface area contributed by atoms with Gasteiger partial charge < -0.3 is 30.7 Å². The fraction of sp³-hybridized carbons (Fsp3) is 0.407. The molecule has 0 bridgehead atoms. The molecule has 3 aliphatic heterocycles. The van der Waals surface area contributed by atoms with Gasteiger partial charge in [0, 0.05) is 74.5 Å². The van der Waals surface area contributed by atoms with E-state index in [1.165, 1.54) is 0 Å². The molecule has 1 aromatic heterocycles. The van der Waals surface area contributed by atoms with Crippen LogP contribution >= 0.6 is 0 Å². The minimum absolute atomic E-state index is 0.0104. The number of allylic oxidation sites excluding steroid dienone is 1. The van der Waals surface area contributed by atoms with Crippen LogP contribution in [-0.2, 0) is 6.54 Å². The molecular formula is C27H34FN7O. The number of carbonyl (C=O) groups is 1. The third kappa shape index (κ3) is 4.88. The number of pyridine rings is 1. The molecule has 1 atom stereocenters. The van der Waals surface area contributed by atoms with E-state index in [-0.39, 0.29) is 29.9 Å². The number of piperidine rings is 1. The van der Waals surface area contributed by atoms with Gasteiger partial charge in [-0.2, -0.15) is 0 Å². The summed E-state index contributed by atoms with van der Waals surface area (Å²) in [7, 11) is 2.14. The molecule has 0 spiro atoms. The second kappa shape index (κ2) is 10.2. The highest BCUT2D eigenvalue weighted by molar-refractivity contribution is 6.03. The van der Waals surface area contributed by atoms with Gasteiger partial charge in [-0.3, -0.25) is 4.79 Å². The van der Waals surface area contributed by atoms with Crippen LogP contribution in [0.25, 0.3) is 0 Å². The summed E-state index contributed by atoms with van der Waals surface area (Å²) in [5, 5.41) is 9.30. The Balaban J connectivity index is 1.36. The van der Waals surface area contributed by atoms with E-state index in [1.54, 1.807) is 6.08 Å². The number of piperazine rings is 1. The Bertz CT molecular complexity index is 1160. The zero-order valence-corrected chi connectivity index (χ0v) is 20.8. The lowest BCUT2D eigenvalue weighted by atomic mass is 10.0. The molecule has 3 N–H and O–H groups in total. The van der Waals surface area contributed by atoms with Gasteiger partial charge in [0.25, 0.3) is 5.91 Å². The van der Waals surface area contributed by atoms with Crippen molar-refractivity contribution in [2.45, 2.75) is 25.4 Å². The molecule has 1 unspecified atom stereocenters. The molecule has 5 rings (SSSR count). The van der Waals surface area contributed by atoms with Gasteiger partial charge in [0.15, 0.2) is 11.6 Å². The van der Waals surface area contributed by atoms with Crippen LogP contribution in [0.4, 0.5) is 27.4 Å². The summed E-state index contributed by atoms with van der Waals surface area (Å²) in [5.41, 5.74) is 3.43. The average Bonchev–Trinajstić information content (AvgIpc) is 3.29. The summed E-state index contributed by atoms with van der Waals surface area (Å²) in [4.78, 5) is 23.9. The molecule has 9 heteroatoms. The number of nitrogens with zero attached hydrogens (tertiary/aromatic N) is 4. The number of benzene rings is 1. The quantitative estimate of drug-likeness (QED) is 0.512. The zero-order valence-electron chi connectivity index (χ0n) is 20.8. The minimum atomic E-state index is -0.473. The standard InChI is InChI=1S/C27H34FN7O/c1-4-18(2)35-11-5-6-20(17-35)31-26-24(28)22-16-29-27(36)23(22)25(32-26)30-19-7-9-21(10-8-19)34-14-12-33(3)13-15-34/h4,7-10,20H,1-2,5-6,11-17H2,3H3,(H,29,36)(H2,30,31,32). The highest BCUT2D eigenvalue weighted by atomic mass is 19.1. The van der Waals surface area contributed by atoms with Gasteiger partial charge >= 0.3 is 0 Å². The van der Waals surface area contributed by atoms with Crippen molar-refractivity contribution in [1.82, 2.24) is 20.1 Å². The molecule has 190 valence electrons. The Hall–Kier alpha value is -3.59. The molecule has 2 saturated heterocycles. The highest BCUT2D eigenvalue weighted by Gasteiger charge is 2.31. The van der Waals surface area contributed by atoms with Crippen molar-refractivity contribution in [2.75, 3.05) is 61.8 Å². The number of carbonyl (C=O) groups excluding carboxylic acids is 1. The lowest BCUT2D eigenvalue weighted by Crippen LogP contribution is -2.44. The Morgan fingerprint density at radius 2 is 1.92 bits per heavy atom. The number of likely N-dealkylation sites (tertiary alicyclic amines) is 1. The van der Waals surface area contributed by atoms with Crippen molar-refractivity contribution >= 4 is 28.9 Å². The first kappa shape index (κ1) is 24.1. The van der Waals surface area contributed by atoms with Crippen molar-refractivity contribution < 1.29 is 9.18 Å². The van der Waals surface area contributed by atoms with Crippen molar-refractivity contribution in [3.05, 3.63) is 66.1 Å². The van der Waals surface area contributed by atoms with Crippen LogP contribution < -0.4 is 20.9 Å². The van der Waals surface area contributed by atoms with E-state index in [4.69, 9.17) is 0 Å². The zero-order chi connectivity index (χ0) is 25.2. The fourth-order valence-electron chi connectivity index (χ4n) is 5.10. The van der Waals surface area contributed by atoms with Crippen LogP contribution in [0.5, 0.6) is 0 Å². The predicted octanol–water partition coefficient (Wildman–Crippen LogP) is 3.54. The maximum absolute atomic E-state index is 15.4. The SMILES string of the molecule is C=CC(=C)N1CCCC(Nc2nc(Nc3ccc(N4CCN(C)CC4)cc3)c3c(c2F)CNC3=O)C1. The van der Waals surface area contributed by atoms with Crippen molar-refractivity contribution in [1.29, 1.82) is 0 Å². The first-order valence-corrected chi connectivity index (χ1v) is 12.6. The monoisotopic (exact) mass is 491 g/mol. The van der Waals surface area contributed by atoms with Crippen LogP contribution in [-0.4, -0.2) is 73.0 Å². The largest absolute Gasteiger partial charge is 0.370 e. The van der Waals surface area contributed by atoms with Gasteiger partial charge in [-0.25, -0.2) is 9.37 Å². The molecule has 2 fully saturated rings. The second-order valence-electron chi connectivity index (χ2n) is 9.75. The van der Waals surface area contributed by atoms with E-state index < -0.39 is 5.82 Å². The third-order valence-electron chi connectivity index (χ3n) is 7.29. The minimum Gasteiger partial charge on any atom is -0.370 e. The van der Waals surface area contributed by atoms with Crippen LogP contribution in [0, 0.1) is 5.82 Å². The molecule has 1 aromatic carbocycles. The predicted molar refractivity (Wildman–Crippen MR) is 142 cm³/mol. The third-order valence-corrected chi connectivity index (χ3v) is 7.29. The second-order valence-corrected chi connectivity index (χ2v) is 9.75. The van der Waals surface area contributed by atoms with E-state index in [1.807, 2.05) is 12.1 Å². The van der Waals surface area contributed by atoms with E-state index in [0.717, 1.165) is 62.6 Å². The molecule has 0 aliphatic carbocycles. The molecule has 0 saturated carbocycles. The average molecular weight is 492 g/mol. The van der Waals surface area contributed by atoms with Crippen LogP contribution in [0.1, 0.15) is 28.8 Å². The molecule has 1 amide bonds. The van der Waals surface area contributed by atoms with Gasteiger partial charge in [-0.05, 0) is 50.2 Å². The maximum Gasteiger partial charge on any atom is 0.255 e. The van der Waals surface area contributed by atoms with Gasteiger partial charge in [-0.1, -0.05) is 13.2 Å². The molecule has 2 aromatic rings. The van der Waals surface area contributed by atoms with Gasteiger partial charge in [0.2, 0.25) is 0 Å². The van der Waals surface area contributed by atoms with Crippen molar-refractivity contribution in [3.63, 3.8) is 0 Å². The number of nitrogens with one attached hydrogen (secondary N) is 3. The number of likely N-dealkylation sites (N-methyl/N-ethyl adjacent to an activating group) is 1. The summed E-state index contributed by atoms with van der Waals surface area (Å²) in [6.45, 7) is 13.6. The Kier molecular flexibility index (Phi) is 6.82. The number of halogens is 1. The maximum atomic E-state index is 15.4. The number of rotatable bonds is 7. The van der Waals surface area contributed by atoms with Crippen LogP contribution in [0.15, 0.2) is 49.2 Å². The molecule has 4 heterocycles. The lowest BCUT2D eigenvalue weighted by molar-refractivity contribution is 0.0966. The lowest BCUT2D eigenvalue weighted by Gasteiger charge is -2.35. The smallest absolute Gasteiger partial charge is 0.255 e. The number of amides is 1. The highest BCUT2D eigenvalue weighted by Crippen LogP contribution is 2.33. The van der Waals surface area contributed by atoms with Crippen LogP contribution in [0.3, 0.4) is 0 Å². The first-order chi connectivity index (χ1) is 17.4. The summed E-state index contributed by atoms with van der Waals surface area (Å²) >= 11 is 0. The van der Waals surface area contributed by atoms with E-state index in [9.17, 15) is 4.79 Å². The van der Waals surface area contributed by atoms with E-state index in [0.29, 0.717) is 17.9 Å². The van der Waals surface area contributed by atoms with Gasteiger partial charge in [-0.15, -0.1) is 0 Å². The van der Waals surface area contributed by atoms with Crippen molar-refractivity contribution in [2.24, 2.45) is 0 Å². The number of hydrogen-bond donors (Lipinski definition) is 3. The fourth-order valence-corrected chi connectivity index (χ4v) is 5.10. The van der Waals surface area contributed by atoms with Crippen molar-refractivity contribution in [3.8, 4) is 0 Å². The molecule has 36 heavy (non-hydrogen) atoms. The molecule has 0 radical (unpaired) electrons. The number of aromatic nitrogens is 1. The Labute approximate surface area is 211 Å². The van der Waals surface area contributed by atoms with E-state index >= 15 is 4.39 Å². The van der Waals surface area contributed by atoms with Crippen LogP contribution in [0.2, 0.25) is 0 Å². The summed E-state index contributed by atoms with van der Waals surface area (Å²) in [6.07, 6.45) is 3.60. The summed E-state index contributed by atoms with van der Waals surface area (Å²) < 4.78 is 15.4. The molecular weight excluding hydrogens is 457 g/mol. The number of anilines is 4. The van der Waals surface area contributed by atoms with E-state index in [2.05, 4.69) is 68.0 Å². The summed E-state index contributed by atoms with van der Waals surface area (Å²) in [6, 6.07) is 8.10. The molecule has 3 aliphatic rings. The van der Waals surface area contributed by atoms with Gasteiger partial charge in [0.05, 0.1) is 5.56 Å². The Morgan fingerprint density at radius 3 is 2.64 bits per heavy atom. The molecule has 8 nitrogen and oxygen atoms in total. The number of hydrogen-bond acceptors (Lipinski definition) is 7. The normalized spacial score (nSPS) is 20.1.